The lowest BCUT2D eigenvalue weighted by molar-refractivity contribution is -0.138. The first-order valence-corrected chi connectivity index (χ1v) is 3.97. The monoisotopic (exact) mass is 182 g/mol. The van der Waals surface area contributed by atoms with E-state index in [1.165, 1.54) is 0 Å². The van der Waals surface area contributed by atoms with Crippen LogP contribution >= 0.6 is 0 Å². The third-order valence-corrected chi connectivity index (χ3v) is 1.45. The van der Waals surface area contributed by atoms with Crippen molar-refractivity contribution in [3.05, 3.63) is 0 Å². The fourth-order valence-electron chi connectivity index (χ4n) is 0.425. The standard InChI is InChI=1S/C4H10N2O4S/c5-3(4(7)8)1-2-6-11(9)10/h3,6H,1-2,5H2,(H,7,8)(H,9,10)/t3-/m0/s1. The predicted molar refractivity (Wildman–Crippen MR) is 39.0 cm³/mol. The molecule has 0 bridgehead atoms. The highest BCUT2D eigenvalue weighted by Gasteiger charge is 2.10. The second kappa shape index (κ2) is 5.19. The highest BCUT2D eigenvalue weighted by Crippen LogP contribution is 1.85. The summed E-state index contributed by atoms with van der Waals surface area (Å²) >= 11 is -2.09. The maximum Gasteiger partial charge on any atom is 0.320 e. The molecule has 11 heavy (non-hydrogen) atoms. The van der Waals surface area contributed by atoms with Gasteiger partial charge < -0.3 is 10.8 Å². The number of hydrogen-bond donors (Lipinski definition) is 4. The number of carboxylic acid groups (broad SMARTS) is 1. The van der Waals surface area contributed by atoms with Crippen LogP contribution in [-0.4, -0.2) is 32.4 Å². The van der Waals surface area contributed by atoms with Crippen LogP contribution in [0.25, 0.3) is 0 Å². The largest absolute Gasteiger partial charge is 0.480 e. The van der Waals surface area contributed by atoms with Gasteiger partial charge in [0.2, 0.25) is 11.3 Å². The first kappa shape index (κ1) is 10.5. The Morgan fingerprint density at radius 1 is 1.73 bits per heavy atom. The highest BCUT2D eigenvalue weighted by atomic mass is 32.2. The molecule has 0 aromatic carbocycles. The summed E-state index contributed by atoms with van der Waals surface area (Å²) in [6.07, 6.45) is 0.127. The molecule has 5 N–H and O–H groups in total. The van der Waals surface area contributed by atoms with Crippen molar-refractivity contribution >= 4 is 17.2 Å². The summed E-state index contributed by atoms with van der Waals surface area (Å²) in [6, 6.07) is -0.981. The lowest BCUT2D eigenvalue weighted by atomic mass is 10.2. The lowest BCUT2D eigenvalue weighted by Gasteiger charge is -2.04. The average molecular weight is 182 g/mol. The van der Waals surface area contributed by atoms with E-state index in [1.54, 1.807) is 0 Å². The van der Waals surface area contributed by atoms with Gasteiger partial charge in [-0.3, -0.25) is 9.35 Å². The van der Waals surface area contributed by atoms with Gasteiger partial charge in [-0.25, -0.2) is 8.93 Å². The SMILES string of the molecule is N[C@@H](CCNS(=O)O)C(=O)O. The van der Waals surface area contributed by atoms with Crippen molar-refractivity contribution in [1.82, 2.24) is 4.72 Å². The van der Waals surface area contributed by atoms with Crippen LogP contribution in [0.3, 0.4) is 0 Å². The molecule has 0 fully saturated rings. The van der Waals surface area contributed by atoms with Crippen molar-refractivity contribution < 1.29 is 18.7 Å². The summed E-state index contributed by atoms with van der Waals surface area (Å²) in [5.41, 5.74) is 5.08. The summed E-state index contributed by atoms with van der Waals surface area (Å²) in [5.74, 6) is -1.12. The molecule has 0 aliphatic carbocycles. The summed E-state index contributed by atoms with van der Waals surface area (Å²) < 4.78 is 20.3. The maximum atomic E-state index is 10.1. The van der Waals surface area contributed by atoms with E-state index in [0.29, 0.717) is 0 Å². The zero-order valence-electron chi connectivity index (χ0n) is 5.69. The molecule has 0 radical (unpaired) electrons. The molecule has 0 aliphatic rings. The first-order chi connectivity index (χ1) is 5.04. The summed E-state index contributed by atoms with van der Waals surface area (Å²) in [6.45, 7) is 0.108. The van der Waals surface area contributed by atoms with Crippen molar-refractivity contribution in [1.29, 1.82) is 0 Å². The smallest absolute Gasteiger partial charge is 0.320 e. The minimum atomic E-state index is -2.09. The lowest BCUT2D eigenvalue weighted by Crippen LogP contribution is -2.34. The Balaban J connectivity index is 3.39. The van der Waals surface area contributed by atoms with E-state index in [2.05, 4.69) is 4.72 Å². The van der Waals surface area contributed by atoms with Gasteiger partial charge in [0.25, 0.3) is 0 Å². The Morgan fingerprint density at radius 2 is 2.27 bits per heavy atom. The quantitative estimate of drug-likeness (QED) is 0.387. The molecule has 0 heterocycles. The summed E-state index contributed by atoms with van der Waals surface area (Å²) in [5, 5.41) is 8.26. The van der Waals surface area contributed by atoms with Crippen molar-refractivity contribution in [3.8, 4) is 0 Å². The minimum Gasteiger partial charge on any atom is -0.480 e. The van der Waals surface area contributed by atoms with Crippen LogP contribution in [0.5, 0.6) is 0 Å². The van der Waals surface area contributed by atoms with Gasteiger partial charge >= 0.3 is 5.97 Å². The summed E-state index contributed by atoms with van der Waals surface area (Å²) in [7, 11) is 0. The number of rotatable bonds is 5. The second-order valence-corrected chi connectivity index (χ2v) is 2.66. The van der Waals surface area contributed by atoms with Crippen LogP contribution in [0.1, 0.15) is 6.42 Å². The molecule has 0 spiro atoms. The molecule has 0 amide bonds. The number of aliphatic carboxylic acids is 1. The van der Waals surface area contributed by atoms with Crippen LogP contribution in [0.4, 0.5) is 0 Å². The van der Waals surface area contributed by atoms with Crippen LogP contribution in [-0.2, 0) is 16.1 Å². The van der Waals surface area contributed by atoms with E-state index in [-0.39, 0.29) is 13.0 Å². The zero-order chi connectivity index (χ0) is 8.85. The first-order valence-electron chi connectivity index (χ1n) is 2.86. The zero-order valence-corrected chi connectivity index (χ0v) is 6.50. The van der Waals surface area contributed by atoms with Gasteiger partial charge in [-0.05, 0) is 6.42 Å². The molecule has 0 saturated carbocycles. The molecule has 2 atom stereocenters. The van der Waals surface area contributed by atoms with E-state index in [4.69, 9.17) is 15.4 Å². The Bertz CT molecular complexity index is 162. The Morgan fingerprint density at radius 3 is 2.64 bits per heavy atom. The van der Waals surface area contributed by atoms with Crippen molar-refractivity contribution in [3.63, 3.8) is 0 Å². The van der Waals surface area contributed by atoms with Gasteiger partial charge in [0.05, 0.1) is 0 Å². The fourth-order valence-corrected chi connectivity index (χ4v) is 0.718. The van der Waals surface area contributed by atoms with E-state index in [0.717, 1.165) is 0 Å². The molecule has 0 saturated heterocycles. The molecule has 66 valence electrons. The third-order valence-electron chi connectivity index (χ3n) is 0.998. The maximum absolute atomic E-state index is 10.1. The van der Waals surface area contributed by atoms with Crippen LogP contribution in [0.15, 0.2) is 0 Å². The molecule has 1 unspecified atom stereocenters. The predicted octanol–water partition coefficient (Wildman–Crippen LogP) is -1.49. The normalized spacial score (nSPS) is 15.8. The van der Waals surface area contributed by atoms with Gasteiger partial charge in [0.1, 0.15) is 6.04 Å². The molecule has 0 rings (SSSR count). The highest BCUT2D eigenvalue weighted by molar-refractivity contribution is 7.77. The average Bonchev–Trinajstić information content (AvgIpc) is 1.86. The minimum absolute atomic E-state index is 0.108. The molecular formula is C4H10N2O4S. The fraction of sp³-hybridized carbons (Fsp3) is 0.750. The van der Waals surface area contributed by atoms with E-state index >= 15 is 0 Å². The van der Waals surface area contributed by atoms with Crippen LogP contribution in [0.2, 0.25) is 0 Å². The number of carbonyl (C=O) groups is 1. The van der Waals surface area contributed by atoms with E-state index in [9.17, 15) is 9.00 Å². The second-order valence-electron chi connectivity index (χ2n) is 1.88. The molecule has 0 aromatic rings. The third kappa shape index (κ3) is 5.92. The van der Waals surface area contributed by atoms with Gasteiger partial charge in [0.15, 0.2) is 0 Å². The Labute approximate surface area is 66.2 Å². The van der Waals surface area contributed by atoms with Gasteiger partial charge in [0, 0.05) is 6.54 Å². The molecule has 6 nitrogen and oxygen atoms in total. The number of nitrogens with one attached hydrogen (secondary N) is 1. The Hall–Kier alpha value is -0.500. The molecule has 0 aromatic heterocycles. The van der Waals surface area contributed by atoms with Crippen molar-refractivity contribution in [2.75, 3.05) is 6.54 Å². The van der Waals surface area contributed by atoms with Crippen LogP contribution in [0, 0.1) is 0 Å². The summed E-state index contributed by atoms with van der Waals surface area (Å²) in [4.78, 5) is 10.1. The topological polar surface area (TPSA) is 113 Å². The molecular weight excluding hydrogens is 172 g/mol. The van der Waals surface area contributed by atoms with Gasteiger partial charge in [-0.1, -0.05) is 0 Å². The van der Waals surface area contributed by atoms with Crippen LogP contribution < -0.4 is 10.5 Å². The van der Waals surface area contributed by atoms with Crippen molar-refractivity contribution in [2.24, 2.45) is 5.73 Å². The van der Waals surface area contributed by atoms with E-state index in [1.807, 2.05) is 0 Å². The Kier molecular flexibility index (Phi) is 4.95. The molecule has 0 aliphatic heterocycles. The van der Waals surface area contributed by atoms with E-state index < -0.39 is 23.3 Å². The van der Waals surface area contributed by atoms with Gasteiger partial charge in [-0.2, -0.15) is 0 Å². The number of carboxylic acids is 1. The van der Waals surface area contributed by atoms with Crippen molar-refractivity contribution in [2.45, 2.75) is 12.5 Å². The molecule has 7 heteroatoms. The number of hydrogen-bond acceptors (Lipinski definition) is 3. The van der Waals surface area contributed by atoms with Gasteiger partial charge in [-0.15, -0.1) is 0 Å². The number of nitrogens with two attached hydrogens (primary N) is 1.